The summed E-state index contributed by atoms with van der Waals surface area (Å²) < 4.78 is 27.9. The quantitative estimate of drug-likeness (QED) is 0.0837. The number of hydrogen-bond acceptors (Lipinski definition) is 10. The van der Waals surface area contributed by atoms with Gasteiger partial charge < -0.3 is 39.4 Å². The highest BCUT2D eigenvalue weighted by molar-refractivity contribution is 6.32. The van der Waals surface area contributed by atoms with Crippen molar-refractivity contribution in [2.75, 3.05) is 27.4 Å². The van der Waals surface area contributed by atoms with Gasteiger partial charge in [-0.3, -0.25) is 5.43 Å². The van der Waals surface area contributed by atoms with Gasteiger partial charge in [0.2, 0.25) is 0 Å². The molecule has 12 nitrogen and oxygen atoms in total. The highest BCUT2D eigenvalue weighted by atomic mass is 35.5. The van der Waals surface area contributed by atoms with Gasteiger partial charge in [0.05, 0.1) is 43.7 Å². The van der Waals surface area contributed by atoms with Gasteiger partial charge in [-0.2, -0.15) is 5.10 Å². The predicted octanol–water partition coefficient (Wildman–Crippen LogP) is 4.76. The molecule has 0 fully saturated rings. The van der Waals surface area contributed by atoms with E-state index in [0.29, 0.717) is 58.1 Å². The molecule has 0 aliphatic carbocycles. The molecule has 46 heavy (non-hydrogen) atoms. The number of allylic oxidation sites excluding steroid dienone is 1. The number of esters is 1. The van der Waals surface area contributed by atoms with Crippen molar-refractivity contribution < 1.29 is 38.4 Å². The number of nitrogens with one attached hydrogen (secondary N) is 3. The number of nitrogens with zero attached hydrogens (tertiary/aromatic N) is 1. The monoisotopic (exact) mass is 652 g/mol. The maximum absolute atomic E-state index is 12.5. The summed E-state index contributed by atoms with van der Waals surface area (Å²) in [5.74, 6) is 0.970. The van der Waals surface area contributed by atoms with E-state index in [9.17, 15) is 14.7 Å². The van der Waals surface area contributed by atoms with E-state index in [0.717, 1.165) is 11.1 Å². The Hall–Kier alpha value is -4.94. The summed E-state index contributed by atoms with van der Waals surface area (Å²) in [5.41, 5.74) is 6.58. The van der Waals surface area contributed by atoms with E-state index >= 15 is 0 Å². The molecule has 0 spiro atoms. The van der Waals surface area contributed by atoms with Crippen LogP contribution < -0.4 is 35.0 Å². The van der Waals surface area contributed by atoms with Gasteiger partial charge in [-0.1, -0.05) is 47.5 Å². The van der Waals surface area contributed by atoms with Gasteiger partial charge >= 0.3 is 12.0 Å². The van der Waals surface area contributed by atoms with Crippen LogP contribution in [-0.4, -0.2) is 57.0 Å². The molecule has 244 valence electrons. The lowest BCUT2D eigenvalue weighted by Gasteiger charge is -2.28. The van der Waals surface area contributed by atoms with Gasteiger partial charge in [-0.15, -0.1) is 0 Å². The highest BCUT2D eigenvalue weighted by Crippen LogP contribution is 2.37. The summed E-state index contributed by atoms with van der Waals surface area (Å²) >= 11 is 6.50. The molecule has 2 atom stereocenters. The third-order valence-electron chi connectivity index (χ3n) is 6.83. The van der Waals surface area contributed by atoms with Crippen LogP contribution in [-0.2, 0) is 16.1 Å². The minimum absolute atomic E-state index is 0.177. The van der Waals surface area contributed by atoms with Crippen LogP contribution in [0.5, 0.6) is 23.0 Å². The van der Waals surface area contributed by atoms with Gasteiger partial charge in [-0.25, -0.2) is 9.59 Å². The molecule has 3 aromatic carbocycles. The maximum atomic E-state index is 12.5. The van der Waals surface area contributed by atoms with Crippen molar-refractivity contribution in [3.63, 3.8) is 0 Å². The zero-order chi connectivity index (χ0) is 33.2. The average Bonchev–Trinajstić information content (AvgIpc) is 3.03. The minimum atomic E-state index is -1.18. The third-order valence-corrected chi connectivity index (χ3v) is 7.11. The number of hydrazone groups is 1. The topological polar surface area (TPSA) is 149 Å². The molecular weight excluding hydrogens is 616 g/mol. The first kappa shape index (κ1) is 33.9. The number of rotatable bonds is 14. The van der Waals surface area contributed by atoms with E-state index in [1.807, 2.05) is 38.1 Å². The van der Waals surface area contributed by atoms with Crippen LogP contribution in [0.2, 0.25) is 5.02 Å². The second kappa shape index (κ2) is 15.9. The number of aliphatic hydroxyl groups is 1. The van der Waals surface area contributed by atoms with Gasteiger partial charge in [0, 0.05) is 5.70 Å². The standard InChI is InChI=1S/C33H37ClN4O8/c1-6-44-26-15-23(30-29(32(40)43-5)20(3)36-33(41)37-30)10-11-25(26)45-18-28(39)38-35-16-22-13-24(34)31(27(14-22)42-4)46-17-21-9-7-8-19(2)12-21/h7-16,28,30,38-39H,6,17-18H2,1-5H3,(H2,36,37,41)/b35-16-/t28-,30+/m0/s1. The molecule has 1 aliphatic rings. The minimum Gasteiger partial charge on any atom is -0.493 e. The molecule has 0 bridgehead atoms. The Morgan fingerprint density at radius 1 is 1.07 bits per heavy atom. The lowest BCUT2D eigenvalue weighted by molar-refractivity contribution is -0.136. The molecule has 0 radical (unpaired) electrons. The van der Waals surface area contributed by atoms with Crippen LogP contribution in [0, 0.1) is 6.92 Å². The van der Waals surface area contributed by atoms with E-state index in [1.165, 1.54) is 20.4 Å². The number of amides is 2. The normalized spacial score (nSPS) is 15.1. The molecule has 0 unspecified atom stereocenters. The number of carbonyl (C=O) groups is 2. The molecule has 0 saturated heterocycles. The zero-order valence-electron chi connectivity index (χ0n) is 26.2. The van der Waals surface area contributed by atoms with Crippen molar-refractivity contribution >= 4 is 29.8 Å². The number of methoxy groups -OCH3 is 2. The summed E-state index contributed by atoms with van der Waals surface area (Å²) in [6, 6.07) is 15.1. The Bertz CT molecular complexity index is 1630. The summed E-state index contributed by atoms with van der Waals surface area (Å²) in [5, 5.41) is 20.2. The van der Waals surface area contributed by atoms with E-state index in [2.05, 4.69) is 21.2 Å². The fourth-order valence-corrected chi connectivity index (χ4v) is 5.01. The number of aryl methyl sites for hydroxylation is 1. The first-order valence-electron chi connectivity index (χ1n) is 14.4. The van der Waals surface area contributed by atoms with Crippen molar-refractivity contribution in [1.82, 2.24) is 16.1 Å². The van der Waals surface area contributed by atoms with Crippen molar-refractivity contribution in [2.24, 2.45) is 5.10 Å². The summed E-state index contributed by atoms with van der Waals surface area (Å²) in [4.78, 5) is 24.6. The molecule has 1 heterocycles. The van der Waals surface area contributed by atoms with Crippen LogP contribution in [0.25, 0.3) is 0 Å². The number of halogens is 1. The molecule has 4 N–H and O–H groups in total. The van der Waals surface area contributed by atoms with Crippen molar-refractivity contribution in [3.05, 3.63) is 93.1 Å². The first-order valence-corrected chi connectivity index (χ1v) is 14.8. The number of aliphatic hydroxyl groups excluding tert-OH is 1. The largest absolute Gasteiger partial charge is 0.493 e. The molecule has 1 aliphatic heterocycles. The fraction of sp³-hybridized carbons (Fsp3) is 0.303. The molecule has 4 rings (SSSR count). The Labute approximate surface area is 272 Å². The van der Waals surface area contributed by atoms with Crippen LogP contribution in [0.3, 0.4) is 0 Å². The Balaban J connectivity index is 1.39. The molecule has 0 saturated carbocycles. The number of ether oxygens (including phenoxy) is 5. The van der Waals surface area contributed by atoms with Gasteiger partial charge in [0.15, 0.2) is 29.2 Å². The third kappa shape index (κ3) is 8.61. The molecular formula is C33H37ClN4O8. The molecule has 0 aromatic heterocycles. The number of hydrogen-bond donors (Lipinski definition) is 4. The summed E-state index contributed by atoms with van der Waals surface area (Å²) in [7, 11) is 2.79. The van der Waals surface area contributed by atoms with E-state index < -0.39 is 24.3 Å². The van der Waals surface area contributed by atoms with Crippen LogP contribution >= 0.6 is 11.6 Å². The highest BCUT2D eigenvalue weighted by Gasteiger charge is 2.32. The van der Waals surface area contributed by atoms with Gasteiger partial charge in [0.25, 0.3) is 0 Å². The van der Waals surface area contributed by atoms with Crippen molar-refractivity contribution in [3.8, 4) is 23.0 Å². The second-order valence-electron chi connectivity index (χ2n) is 10.2. The van der Waals surface area contributed by atoms with Gasteiger partial charge in [-0.05, 0) is 61.7 Å². The first-order chi connectivity index (χ1) is 22.1. The summed E-state index contributed by atoms with van der Waals surface area (Å²) in [6.07, 6.45) is 0.296. The second-order valence-corrected chi connectivity index (χ2v) is 10.6. The number of carbonyl (C=O) groups excluding carboxylic acids is 2. The van der Waals surface area contributed by atoms with E-state index in [4.69, 9.17) is 35.3 Å². The Morgan fingerprint density at radius 2 is 1.87 bits per heavy atom. The number of benzene rings is 3. The zero-order valence-corrected chi connectivity index (χ0v) is 26.9. The van der Waals surface area contributed by atoms with Gasteiger partial charge in [0.1, 0.15) is 13.2 Å². The lowest BCUT2D eigenvalue weighted by atomic mass is 9.95. The van der Waals surface area contributed by atoms with E-state index in [-0.39, 0.29) is 12.2 Å². The SMILES string of the molecule is CCOc1cc([C@H]2NC(=O)NC(C)=C2C(=O)OC)ccc1OC[C@H](O)N/N=C\c1cc(Cl)c(OCc2cccc(C)c2)c(OC)c1. The molecule has 3 aromatic rings. The summed E-state index contributed by atoms with van der Waals surface area (Å²) in [6.45, 7) is 5.92. The van der Waals surface area contributed by atoms with Crippen LogP contribution in [0.4, 0.5) is 4.79 Å². The molecule has 13 heteroatoms. The molecule has 2 amide bonds. The fourth-order valence-electron chi connectivity index (χ4n) is 4.73. The average molecular weight is 653 g/mol. The van der Waals surface area contributed by atoms with Crippen LogP contribution in [0.15, 0.2) is 71.0 Å². The van der Waals surface area contributed by atoms with E-state index in [1.54, 1.807) is 37.3 Å². The van der Waals surface area contributed by atoms with Crippen LogP contribution in [0.1, 0.15) is 42.1 Å². The van der Waals surface area contributed by atoms with Crippen molar-refractivity contribution in [2.45, 2.75) is 39.6 Å². The maximum Gasteiger partial charge on any atom is 0.337 e. The predicted molar refractivity (Wildman–Crippen MR) is 172 cm³/mol. The van der Waals surface area contributed by atoms with Crippen molar-refractivity contribution in [1.29, 1.82) is 0 Å². The Kier molecular flexibility index (Phi) is 11.7. The lowest BCUT2D eigenvalue weighted by Crippen LogP contribution is -2.45. The Morgan fingerprint density at radius 3 is 2.59 bits per heavy atom. The number of urea groups is 1. The smallest absolute Gasteiger partial charge is 0.337 e.